The number of nitrogens with one attached hydrogen (secondary N) is 1. The van der Waals surface area contributed by atoms with Crippen LogP contribution in [-0.2, 0) is 0 Å². The first-order chi connectivity index (χ1) is 13.3. The van der Waals surface area contributed by atoms with Crippen molar-refractivity contribution < 1.29 is 5.11 Å². The summed E-state index contributed by atoms with van der Waals surface area (Å²) in [5.74, 6) is 2.19. The molecule has 5 rings (SSSR count). The first kappa shape index (κ1) is 16.6. The summed E-state index contributed by atoms with van der Waals surface area (Å²) in [4.78, 5) is 11.4. The highest BCUT2D eigenvalue weighted by atomic mass is 16.3. The van der Waals surface area contributed by atoms with E-state index in [-0.39, 0.29) is 12.6 Å². The standard InChI is InChI=1S/C19H25N7O/c27-12-15-7-3-9-25(15)19-22-18(16-8-4-10-26(16)23-19)21-17-11-24(13-20-17)14-5-1-2-6-14/h4,8,10-11,13-15,27H,1-3,5-7,9,12H2,(H,21,22,23)/t15-/m0/s1. The Balaban J connectivity index is 1.46. The van der Waals surface area contributed by atoms with Crippen LogP contribution in [0.3, 0.4) is 0 Å². The third kappa shape index (κ3) is 3.03. The van der Waals surface area contributed by atoms with Gasteiger partial charge in [-0.15, -0.1) is 5.10 Å². The van der Waals surface area contributed by atoms with Crippen LogP contribution in [0.4, 0.5) is 17.6 Å². The summed E-state index contributed by atoms with van der Waals surface area (Å²) < 4.78 is 4.06. The highest BCUT2D eigenvalue weighted by molar-refractivity contribution is 5.73. The molecule has 0 amide bonds. The molecule has 3 aromatic heterocycles. The number of fused-ring (bicyclic) bond motifs is 1. The molecule has 2 fully saturated rings. The van der Waals surface area contributed by atoms with E-state index >= 15 is 0 Å². The normalized spacial score (nSPS) is 20.8. The van der Waals surface area contributed by atoms with Crippen molar-refractivity contribution in [1.29, 1.82) is 0 Å². The van der Waals surface area contributed by atoms with Gasteiger partial charge >= 0.3 is 0 Å². The van der Waals surface area contributed by atoms with Gasteiger partial charge in [0, 0.05) is 25.0 Å². The zero-order chi connectivity index (χ0) is 18.2. The molecule has 4 heterocycles. The molecule has 2 aliphatic rings. The molecule has 3 aromatic rings. The summed E-state index contributed by atoms with van der Waals surface area (Å²) in [6, 6.07) is 4.61. The second-order valence-electron chi connectivity index (χ2n) is 7.54. The van der Waals surface area contributed by atoms with Gasteiger partial charge in [-0.3, -0.25) is 0 Å². The molecule has 1 aliphatic carbocycles. The minimum absolute atomic E-state index is 0.0902. The van der Waals surface area contributed by atoms with E-state index in [9.17, 15) is 5.11 Å². The fourth-order valence-corrected chi connectivity index (χ4v) is 4.35. The zero-order valence-electron chi connectivity index (χ0n) is 15.3. The fraction of sp³-hybridized carbons (Fsp3) is 0.526. The van der Waals surface area contributed by atoms with Gasteiger partial charge in [0.05, 0.1) is 19.0 Å². The van der Waals surface area contributed by atoms with E-state index in [1.54, 1.807) is 0 Å². The Morgan fingerprint density at radius 1 is 1.19 bits per heavy atom. The molecule has 0 spiro atoms. The molecule has 1 aliphatic heterocycles. The molecule has 1 saturated carbocycles. The van der Waals surface area contributed by atoms with Crippen LogP contribution < -0.4 is 10.2 Å². The van der Waals surface area contributed by atoms with Crippen molar-refractivity contribution >= 4 is 23.1 Å². The molecule has 1 atom stereocenters. The topological polar surface area (TPSA) is 83.5 Å². The molecule has 2 N–H and O–H groups in total. The highest BCUT2D eigenvalue weighted by Crippen LogP contribution is 2.31. The smallest absolute Gasteiger partial charge is 0.245 e. The Morgan fingerprint density at radius 3 is 2.93 bits per heavy atom. The number of aromatic nitrogens is 5. The Labute approximate surface area is 157 Å². The van der Waals surface area contributed by atoms with Crippen molar-refractivity contribution in [1.82, 2.24) is 24.1 Å². The average Bonchev–Trinajstić information content (AvgIpc) is 3.47. The number of aliphatic hydroxyl groups excluding tert-OH is 1. The second-order valence-corrected chi connectivity index (χ2v) is 7.54. The highest BCUT2D eigenvalue weighted by Gasteiger charge is 2.27. The van der Waals surface area contributed by atoms with E-state index in [4.69, 9.17) is 4.98 Å². The van der Waals surface area contributed by atoms with Gasteiger partial charge in [-0.05, 0) is 37.8 Å². The largest absolute Gasteiger partial charge is 0.394 e. The summed E-state index contributed by atoms with van der Waals surface area (Å²) in [5, 5.41) is 17.7. The average molecular weight is 367 g/mol. The summed E-state index contributed by atoms with van der Waals surface area (Å²) in [7, 11) is 0. The first-order valence-electron chi connectivity index (χ1n) is 9.85. The van der Waals surface area contributed by atoms with E-state index in [0.717, 1.165) is 36.5 Å². The van der Waals surface area contributed by atoms with Crippen LogP contribution in [-0.4, -0.2) is 48.4 Å². The molecular weight excluding hydrogens is 342 g/mol. The SMILES string of the molecule is OC[C@@H]1CCCN1c1nc(Nc2cn(C3CCCC3)cn2)c2cccn2n1. The Kier molecular flexibility index (Phi) is 4.20. The molecule has 1 saturated heterocycles. The molecule has 0 bridgehead atoms. The Morgan fingerprint density at radius 2 is 2.07 bits per heavy atom. The maximum atomic E-state index is 9.65. The molecule has 27 heavy (non-hydrogen) atoms. The number of nitrogens with zero attached hydrogens (tertiary/aromatic N) is 6. The van der Waals surface area contributed by atoms with Crippen molar-refractivity contribution in [2.45, 2.75) is 50.6 Å². The number of imidazole rings is 1. The van der Waals surface area contributed by atoms with Crippen LogP contribution in [0.2, 0.25) is 0 Å². The zero-order valence-corrected chi connectivity index (χ0v) is 15.3. The molecular formula is C19H25N7O. The molecule has 0 radical (unpaired) electrons. The lowest BCUT2D eigenvalue weighted by molar-refractivity contribution is 0.265. The van der Waals surface area contributed by atoms with Crippen LogP contribution >= 0.6 is 0 Å². The van der Waals surface area contributed by atoms with Gasteiger partial charge in [-0.2, -0.15) is 4.98 Å². The summed E-state index contributed by atoms with van der Waals surface area (Å²) in [6.07, 6.45) is 13.0. The Hall–Kier alpha value is -2.61. The maximum absolute atomic E-state index is 9.65. The van der Waals surface area contributed by atoms with Crippen LogP contribution in [0.15, 0.2) is 30.9 Å². The van der Waals surface area contributed by atoms with Crippen LogP contribution in [0.5, 0.6) is 0 Å². The van der Waals surface area contributed by atoms with Gasteiger partial charge in [-0.1, -0.05) is 12.8 Å². The number of hydrogen-bond donors (Lipinski definition) is 2. The first-order valence-corrected chi connectivity index (χ1v) is 9.85. The molecule has 142 valence electrons. The predicted octanol–water partition coefficient (Wildman–Crippen LogP) is 2.75. The van der Waals surface area contributed by atoms with Crippen molar-refractivity contribution in [3.63, 3.8) is 0 Å². The van der Waals surface area contributed by atoms with Crippen molar-refractivity contribution in [3.8, 4) is 0 Å². The van der Waals surface area contributed by atoms with Crippen LogP contribution in [0.1, 0.15) is 44.6 Å². The lowest BCUT2D eigenvalue weighted by atomic mass is 10.2. The van der Waals surface area contributed by atoms with Crippen LogP contribution in [0.25, 0.3) is 5.52 Å². The van der Waals surface area contributed by atoms with E-state index in [1.807, 2.05) is 29.2 Å². The van der Waals surface area contributed by atoms with Gasteiger partial charge in [0.25, 0.3) is 0 Å². The monoisotopic (exact) mass is 367 g/mol. The fourth-order valence-electron chi connectivity index (χ4n) is 4.35. The lowest BCUT2D eigenvalue weighted by Crippen LogP contribution is -2.34. The minimum Gasteiger partial charge on any atom is -0.394 e. The molecule has 8 nitrogen and oxygen atoms in total. The van der Waals surface area contributed by atoms with Gasteiger partial charge in [-0.25, -0.2) is 9.50 Å². The van der Waals surface area contributed by atoms with E-state index in [0.29, 0.717) is 12.0 Å². The molecule has 0 aromatic carbocycles. The van der Waals surface area contributed by atoms with E-state index < -0.39 is 0 Å². The summed E-state index contributed by atoms with van der Waals surface area (Å²) in [5.41, 5.74) is 0.911. The lowest BCUT2D eigenvalue weighted by Gasteiger charge is -2.23. The number of aliphatic hydroxyl groups is 1. The third-order valence-corrected chi connectivity index (χ3v) is 5.82. The van der Waals surface area contributed by atoms with E-state index in [1.165, 1.54) is 25.7 Å². The van der Waals surface area contributed by atoms with Crippen molar-refractivity contribution in [2.75, 3.05) is 23.4 Å². The summed E-state index contributed by atoms with van der Waals surface area (Å²) >= 11 is 0. The van der Waals surface area contributed by atoms with Gasteiger partial charge in [0.2, 0.25) is 5.95 Å². The third-order valence-electron chi connectivity index (χ3n) is 5.82. The van der Waals surface area contributed by atoms with Gasteiger partial charge in [0.1, 0.15) is 11.3 Å². The Bertz CT molecular complexity index is 927. The minimum atomic E-state index is 0.0902. The van der Waals surface area contributed by atoms with E-state index in [2.05, 4.69) is 31.1 Å². The second kappa shape index (κ2) is 6.84. The number of rotatable bonds is 5. The van der Waals surface area contributed by atoms with Gasteiger partial charge in [0.15, 0.2) is 5.82 Å². The van der Waals surface area contributed by atoms with Gasteiger partial charge < -0.3 is 19.9 Å². The number of hydrogen-bond acceptors (Lipinski definition) is 6. The van der Waals surface area contributed by atoms with Crippen LogP contribution in [0, 0.1) is 0 Å². The van der Waals surface area contributed by atoms with Crippen molar-refractivity contribution in [3.05, 3.63) is 30.9 Å². The number of anilines is 3. The molecule has 0 unspecified atom stereocenters. The molecule has 8 heteroatoms. The maximum Gasteiger partial charge on any atom is 0.245 e. The summed E-state index contributed by atoms with van der Waals surface area (Å²) in [6.45, 7) is 0.995. The quantitative estimate of drug-likeness (QED) is 0.721. The predicted molar refractivity (Wildman–Crippen MR) is 103 cm³/mol. The van der Waals surface area contributed by atoms with Crippen molar-refractivity contribution in [2.24, 2.45) is 0 Å².